The number of halogens is 3. The third-order valence-corrected chi connectivity index (χ3v) is 7.15. The van der Waals surface area contributed by atoms with Gasteiger partial charge in [-0.2, -0.15) is 0 Å². The number of aromatic hydroxyl groups is 1. The van der Waals surface area contributed by atoms with Crippen LogP contribution in [-0.4, -0.2) is 44.9 Å². The number of phenols is 1. The predicted octanol–water partition coefficient (Wildman–Crippen LogP) is 2.41. The average molecular weight is 439 g/mol. The van der Waals surface area contributed by atoms with Crippen LogP contribution in [0.25, 0.3) is 10.9 Å². The molecule has 3 unspecified atom stereocenters. The van der Waals surface area contributed by atoms with Crippen LogP contribution in [0, 0.1) is 24.6 Å². The van der Waals surface area contributed by atoms with Gasteiger partial charge in [-0.3, -0.25) is 14.3 Å². The van der Waals surface area contributed by atoms with Gasteiger partial charge in [0.25, 0.3) is 11.5 Å². The SMILES string of the molecule is Cc1c(N2CC3CCCC(F)(F)C(O)C3C2)c(F)c(O)c2c(=O)[nH]c(=O)n(C3CC3)c12. The third kappa shape index (κ3) is 2.98. The van der Waals surface area contributed by atoms with Gasteiger partial charge in [-0.25, -0.2) is 18.0 Å². The average Bonchev–Trinajstić information content (AvgIpc) is 3.46. The molecule has 168 valence electrons. The third-order valence-electron chi connectivity index (χ3n) is 7.15. The molecule has 3 atom stereocenters. The molecule has 3 N–H and O–H groups in total. The molecule has 1 aromatic carbocycles. The van der Waals surface area contributed by atoms with Crippen molar-refractivity contribution in [2.45, 2.75) is 57.1 Å². The van der Waals surface area contributed by atoms with Crippen molar-refractivity contribution in [3.8, 4) is 5.75 Å². The van der Waals surface area contributed by atoms with Crippen LogP contribution in [0.2, 0.25) is 0 Å². The van der Waals surface area contributed by atoms with Gasteiger partial charge in [0.1, 0.15) is 11.5 Å². The molecular weight excluding hydrogens is 415 g/mol. The van der Waals surface area contributed by atoms with Gasteiger partial charge < -0.3 is 15.1 Å². The molecule has 1 saturated heterocycles. The Morgan fingerprint density at radius 2 is 1.87 bits per heavy atom. The molecule has 2 heterocycles. The summed E-state index contributed by atoms with van der Waals surface area (Å²) in [5.41, 5.74) is -1.03. The van der Waals surface area contributed by atoms with Crippen molar-refractivity contribution in [3.63, 3.8) is 0 Å². The number of benzene rings is 1. The Labute approximate surface area is 175 Å². The van der Waals surface area contributed by atoms with Crippen molar-refractivity contribution < 1.29 is 23.4 Å². The van der Waals surface area contributed by atoms with Gasteiger partial charge in [-0.1, -0.05) is 0 Å². The smallest absolute Gasteiger partial charge is 0.329 e. The largest absolute Gasteiger partial charge is 0.504 e. The number of aliphatic hydroxyl groups is 1. The maximum Gasteiger partial charge on any atom is 0.329 e. The van der Waals surface area contributed by atoms with Crippen LogP contribution in [0.15, 0.2) is 9.59 Å². The monoisotopic (exact) mass is 439 g/mol. The first-order valence-electron chi connectivity index (χ1n) is 10.6. The van der Waals surface area contributed by atoms with Crippen molar-refractivity contribution in [1.29, 1.82) is 0 Å². The van der Waals surface area contributed by atoms with E-state index in [1.807, 2.05) is 0 Å². The summed E-state index contributed by atoms with van der Waals surface area (Å²) < 4.78 is 45.2. The van der Waals surface area contributed by atoms with E-state index in [0.29, 0.717) is 12.0 Å². The Morgan fingerprint density at radius 3 is 2.55 bits per heavy atom. The summed E-state index contributed by atoms with van der Waals surface area (Å²) in [5.74, 6) is -6.06. The van der Waals surface area contributed by atoms with E-state index in [9.17, 15) is 28.6 Å². The van der Waals surface area contributed by atoms with E-state index in [1.165, 1.54) is 4.57 Å². The van der Waals surface area contributed by atoms with E-state index in [4.69, 9.17) is 0 Å². The summed E-state index contributed by atoms with van der Waals surface area (Å²) in [6, 6.07) is -0.145. The first-order chi connectivity index (χ1) is 14.6. The number of alkyl halides is 2. The number of nitrogens with zero attached hydrogens (tertiary/aromatic N) is 2. The zero-order chi connectivity index (χ0) is 22.2. The lowest BCUT2D eigenvalue weighted by molar-refractivity contribution is -0.130. The molecule has 10 heteroatoms. The molecule has 2 aromatic rings. The van der Waals surface area contributed by atoms with Crippen molar-refractivity contribution >= 4 is 16.6 Å². The van der Waals surface area contributed by atoms with Crippen LogP contribution in [-0.2, 0) is 0 Å². The molecule has 0 amide bonds. The normalized spacial score (nSPS) is 28.0. The van der Waals surface area contributed by atoms with Gasteiger partial charge >= 0.3 is 5.69 Å². The van der Waals surface area contributed by atoms with E-state index < -0.39 is 40.8 Å². The fourth-order valence-corrected chi connectivity index (χ4v) is 5.50. The van der Waals surface area contributed by atoms with Gasteiger partial charge in [0, 0.05) is 37.0 Å². The lowest BCUT2D eigenvalue weighted by atomic mass is 9.89. The van der Waals surface area contributed by atoms with Crippen LogP contribution >= 0.6 is 0 Å². The minimum absolute atomic E-state index is 0.000974. The van der Waals surface area contributed by atoms with Crippen LogP contribution in [0.3, 0.4) is 0 Å². The standard InChI is InChI=1S/C21H24F3N3O4/c1-9-15-13(19(30)25-20(31)27(15)11-4-5-11)17(28)14(22)16(9)26-7-10-3-2-6-21(23,24)18(29)12(10)8-26/h10-12,18,28-29H,2-8H2,1H3,(H,25,30,31). The number of hydrogen-bond donors (Lipinski definition) is 3. The van der Waals surface area contributed by atoms with Gasteiger partial charge in [0.15, 0.2) is 11.6 Å². The number of aryl methyl sites for hydroxylation is 1. The van der Waals surface area contributed by atoms with Crippen molar-refractivity contribution in [3.05, 3.63) is 32.2 Å². The lowest BCUT2D eigenvalue weighted by Gasteiger charge is -2.28. The number of nitrogens with one attached hydrogen (secondary N) is 1. The van der Waals surface area contributed by atoms with Crippen molar-refractivity contribution in [2.24, 2.45) is 11.8 Å². The number of rotatable bonds is 2. The Kier molecular flexibility index (Phi) is 4.45. The second-order valence-corrected chi connectivity index (χ2v) is 9.15. The first kappa shape index (κ1) is 20.4. The molecule has 5 rings (SSSR count). The zero-order valence-corrected chi connectivity index (χ0v) is 17.0. The Bertz CT molecular complexity index is 1190. The second kappa shape index (κ2) is 6.75. The number of H-pyrrole nitrogens is 1. The Hall–Kier alpha value is -2.49. The number of aromatic nitrogens is 2. The van der Waals surface area contributed by atoms with E-state index in [0.717, 1.165) is 12.8 Å². The van der Waals surface area contributed by atoms with Gasteiger partial charge in [-0.05, 0) is 38.5 Å². The molecule has 7 nitrogen and oxygen atoms in total. The minimum Gasteiger partial charge on any atom is -0.504 e. The van der Waals surface area contributed by atoms with Gasteiger partial charge in [0.05, 0.1) is 11.2 Å². The van der Waals surface area contributed by atoms with Crippen LogP contribution in [0.1, 0.15) is 43.7 Å². The molecule has 1 aliphatic heterocycles. The van der Waals surface area contributed by atoms with E-state index in [2.05, 4.69) is 4.98 Å². The van der Waals surface area contributed by atoms with E-state index in [-0.39, 0.29) is 54.5 Å². The summed E-state index contributed by atoms with van der Waals surface area (Å²) in [6.45, 7) is 1.82. The summed E-state index contributed by atoms with van der Waals surface area (Å²) in [4.78, 5) is 28.6. The maximum absolute atomic E-state index is 15.3. The zero-order valence-electron chi connectivity index (χ0n) is 17.0. The molecule has 31 heavy (non-hydrogen) atoms. The van der Waals surface area contributed by atoms with Crippen LogP contribution < -0.4 is 16.1 Å². The fourth-order valence-electron chi connectivity index (χ4n) is 5.50. The number of fused-ring (bicyclic) bond motifs is 2. The summed E-state index contributed by atoms with van der Waals surface area (Å²) in [5, 5.41) is 20.6. The molecule has 0 spiro atoms. The molecule has 2 aliphatic carbocycles. The van der Waals surface area contributed by atoms with Crippen molar-refractivity contribution in [2.75, 3.05) is 18.0 Å². The van der Waals surface area contributed by atoms with Crippen molar-refractivity contribution in [1.82, 2.24) is 9.55 Å². The first-order valence-corrected chi connectivity index (χ1v) is 10.6. The number of aromatic amines is 1. The summed E-state index contributed by atoms with van der Waals surface area (Å²) in [7, 11) is 0. The second-order valence-electron chi connectivity index (χ2n) is 9.15. The highest BCUT2D eigenvalue weighted by Crippen LogP contribution is 2.47. The van der Waals surface area contributed by atoms with E-state index >= 15 is 4.39 Å². The number of aliphatic hydroxyl groups excluding tert-OH is 1. The number of hydrogen-bond acceptors (Lipinski definition) is 5. The Morgan fingerprint density at radius 1 is 1.16 bits per heavy atom. The molecular formula is C21H24F3N3O4. The lowest BCUT2D eigenvalue weighted by Crippen LogP contribution is -2.41. The highest BCUT2D eigenvalue weighted by molar-refractivity contribution is 5.92. The molecule has 1 aromatic heterocycles. The summed E-state index contributed by atoms with van der Waals surface area (Å²) in [6.07, 6.45) is 0.00378. The van der Waals surface area contributed by atoms with Crippen LogP contribution in [0.4, 0.5) is 18.9 Å². The minimum atomic E-state index is -3.20. The molecule has 3 aliphatic rings. The van der Waals surface area contributed by atoms with E-state index in [1.54, 1.807) is 11.8 Å². The Balaban J connectivity index is 1.67. The molecule has 3 fully saturated rings. The van der Waals surface area contributed by atoms with Gasteiger partial charge in [0.2, 0.25) is 0 Å². The summed E-state index contributed by atoms with van der Waals surface area (Å²) >= 11 is 0. The predicted molar refractivity (Wildman–Crippen MR) is 107 cm³/mol. The highest BCUT2D eigenvalue weighted by Gasteiger charge is 2.51. The fraction of sp³-hybridized carbons (Fsp3) is 0.619. The molecule has 0 radical (unpaired) electrons. The van der Waals surface area contributed by atoms with Crippen LogP contribution in [0.5, 0.6) is 5.75 Å². The molecule has 2 saturated carbocycles. The highest BCUT2D eigenvalue weighted by atomic mass is 19.3. The molecule has 0 bridgehead atoms. The maximum atomic E-state index is 15.3. The number of anilines is 1. The topological polar surface area (TPSA) is 98.6 Å². The quantitative estimate of drug-likeness (QED) is 0.668. The number of phenolic OH excluding ortho intramolecular Hbond substituents is 1. The van der Waals surface area contributed by atoms with Gasteiger partial charge in [-0.15, -0.1) is 0 Å².